The number of esters is 1. The first kappa shape index (κ1) is 28.6. The number of benzene rings is 2. The van der Waals surface area contributed by atoms with E-state index in [1.807, 2.05) is 6.07 Å². The van der Waals surface area contributed by atoms with E-state index in [2.05, 4.69) is 0 Å². The number of urea groups is 1. The number of carbonyl (C=O) groups is 2. The Balaban J connectivity index is 1.84. The fraction of sp³-hybridized carbons (Fsp3) is 0.333. The van der Waals surface area contributed by atoms with Crippen LogP contribution in [0.3, 0.4) is 0 Å². The molecule has 10 nitrogen and oxygen atoms in total. The van der Waals surface area contributed by atoms with Crippen LogP contribution in [0.5, 0.6) is 0 Å². The predicted molar refractivity (Wildman–Crippen MR) is 136 cm³/mol. The zero-order chi connectivity index (χ0) is 29.4. The van der Waals surface area contributed by atoms with Crippen molar-refractivity contribution >= 4 is 23.6 Å². The molecule has 1 fully saturated rings. The maximum Gasteiger partial charge on any atom is 0.416 e. The average molecular weight is 558 g/mol. The molecule has 2 atom stereocenters. The van der Waals surface area contributed by atoms with Crippen LogP contribution in [0.25, 0.3) is 0 Å². The number of hydrogen-bond acceptors (Lipinski definition) is 7. The molecule has 2 heterocycles. The third kappa shape index (κ3) is 5.63. The summed E-state index contributed by atoms with van der Waals surface area (Å²) in [7, 11) is 0. The van der Waals surface area contributed by atoms with Gasteiger partial charge in [-0.2, -0.15) is 18.4 Å². The van der Waals surface area contributed by atoms with Crippen LogP contribution in [-0.2, 0) is 25.2 Å². The molecule has 0 aliphatic carbocycles. The summed E-state index contributed by atoms with van der Waals surface area (Å²) in [6, 6.07) is 9.58. The van der Waals surface area contributed by atoms with E-state index in [1.54, 1.807) is 13.8 Å². The second-order valence-electron chi connectivity index (χ2n) is 9.60. The van der Waals surface area contributed by atoms with Crippen LogP contribution in [-0.4, -0.2) is 48.0 Å². The number of hydrogen-bond donors (Lipinski definition) is 2. The minimum Gasteiger partial charge on any atom is -0.459 e. The van der Waals surface area contributed by atoms with Crippen molar-refractivity contribution in [1.82, 2.24) is 4.90 Å². The van der Waals surface area contributed by atoms with E-state index in [0.29, 0.717) is 11.1 Å². The first-order valence-electron chi connectivity index (χ1n) is 12.1. The Morgan fingerprint density at radius 2 is 1.90 bits per heavy atom. The first-order valence-corrected chi connectivity index (χ1v) is 12.1. The minimum atomic E-state index is -4.68. The van der Waals surface area contributed by atoms with E-state index in [-0.39, 0.29) is 30.2 Å². The van der Waals surface area contributed by atoms with Gasteiger partial charge in [0, 0.05) is 11.4 Å². The summed E-state index contributed by atoms with van der Waals surface area (Å²) in [4.78, 5) is 28.2. The van der Waals surface area contributed by atoms with Gasteiger partial charge < -0.3 is 19.9 Å². The molecule has 40 heavy (non-hydrogen) atoms. The smallest absolute Gasteiger partial charge is 0.416 e. The normalized spacial score (nSPS) is 20.9. The van der Waals surface area contributed by atoms with Gasteiger partial charge in [-0.1, -0.05) is 18.2 Å². The summed E-state index contributed by atoms with van der Waals surface area (Å²) in [6.07, 6.45) is -5.26. The monoisotopic (exact) mass is 557 g/mol. The van der Waals surface area contributed by atoms with Crippen LogP contribution in [0.1, 0.15) is 43.5 Å². The number of carbonyl (C=O) groups excluding carboxylic acids is 2. The zero-order valence-corrected chi connectivity index (χ0v) is 21.8. The second kappa shape index (κ2) is 10.6. The maximum absolute atomic E-state index is 13.6. The van der Waals surface area contributed by atoms with Crippen molar-refractivity contribution < 1.29 is 37.0 Å². The predicted octanol–water partition coefficient (Wildman–Crippen LogP) is 4.42. The molecular weight excluding hydrogens is 531 g/mol. The summed E-state index contributed by atoms with van der Waals surface area (Å²) in [5.74, 6) is -2.36. The lowest BCUT2D eigenvalue weighted by molar-refractivity contribution is -0.156. The number of primary amides is 1. The van der Waals surface area contributed by atoms with E-state index in [9.17, 15) is 28.0 Å². The van der Waals surface area contributed by atoms with Crippen LogP contribution in [0.2, 0.25) is 0 Å². The molecule has 2 aromatic rings. The SMILES string of the molecule is CC1=C(C(=O)OCC2COC(C)(C)O2)[C@@H](c2ccc(C#N)cc2)N(C(N)=O)C(=N)N1c1cccc(C(F)(F)F)c1. The molecule has 0 bridgehead atoms. The van der Waals surface area contributed by atoms with Gasteiger partial charge in [0.05, 0.1) is 29.4 Å². The van der Waals surface area contributed by atoms with Crippen molar-refractivity contribution in [2.75, 3.05) is 18.1 Å². The highest BCUT2D eigenvalue weighted by atomic mass is 19.4. The number of nitrogens with two attached hydrogens (primary N) is 1. The number of rotatable bonds is 5. The number of nitrogens with one attached hydrogen (secondary N) is 1. The fourth-order valence-corrected chi connectivity index (χ4v) is 4.61. The molecule has 0 aromatic heterocycles. The van der Waals surface area contributed by atoms with Gasteiger partial charge in [0.15, 0.2) is 5.79 Å². The fourth-order valence-electron chi connectivity index (χ4n) is 4.61. The summed E-state index contributed by atoms with van der Waals surface area (Å²) < 4.78 is 57.2. The first-order chi connectivity index (χ1) is 18.7. The molecule has 13 heteroatoms. The molecular formula is C27H26F3N5O5. The van der Waals surface area contributed by atoms with Crippen molar-refractivity contribution in [3.63, 3.8) is 0 Å². The standard InChI is InChI=1S/C27H26F3N5O5/c1-15-21(23(36)38-13-20-14-39-26(2,3)40-20)22(17-9-7-16(12-31)8-10-17)35(25(33)37)24(32)34(15)19-6-4-5-18(11-19)27(28,29)30/h4-11,20,22,32H,13-14H2,1-3H3,(H2,33,37)/t20?,22-/m1/s1. The van der Waals surface area contributed by atoms with Gasteiger partial charge in [0.25, 0.3) is 0 Å². The molecule has 1 saturated heterocycles. The van der Waals surface area contributed by atoms with Crippen molar-refractivity contribution in [1.29, 1.82) is 10.7 Å². The van der Waals surface area contributed by atoms with E-state index in [0.717, 1.165) is 28.0 Å². The number of ether oxygens (including phenoxy) is 3. The molecule has 4 rings (SSSR count). The number of anilines is 1. The van der Waals surface area contributed by atoms with Crippen molar-refractivity contribution in [3.8, 4) is 6.07 Å². The van der Waals surface area contributed by atoms with Crippen LogP contribution in [0, 0.1) is 16.7 Å². The third-order valence-electron chi connectivity index (χ3n) is 6.41. The number of nitrogens with zero attached hydrogens (tertiary/aromatic N) is 3. The largest absolute Gasteiger partial charge is 0.459 e. The van der Waals surface area contributed by atoms with Gasteiger partial charge >= 0.3 is 18.2 Å². The van der Waals surface area contributed by atoms with Crippen LogP contribution in [0.4, 0.5) is 23.7 Å². The Hall–Kier alpha value is -4.41. The summed E-state index contributed by atoms with van der Waals surface area (Å²) in [6.45, 7) is 4.78. The number of amides is 2. The maximum atomic E-state index is 13.6. The van der Waals surface area contributed by atoms with Gasteiger partial charge in [-0.3, -0.25) is 15.2 Å². The van der Waals surface area contributed by atoms with Gasteiger partial charge in [-0.25, -0.2) is 9.59 Å². The summed E-state index contributed by atoms with van der Waals surface area (Å²) in [5, 5.41) is 18.0. The van der Waals surface area contributed by atoms with Crippen molar-refractivity contribution in [3.05, 3.63) is 76.5 Å². The molecule has 0 radical (unpaired) electrons. The minimum absolute atomic E-state index is 0.0464. The highest BCUT2D eigenvalue weighted by Gasteiger charge is 2.44. The molecule has 0 spiro atoms. The highest BCUT2D eigenvalue weighted by Crippen LogP contribution is 2.41. The number of halogens is 3. The zero-order valence-electron chi connectivity index (χ0n) is 21.8. The van der Waals surface area contributed by atoms with E-state index in [1.165, 1.54) is 37.3 Å². The Morgan fingerprint density at radius 1 is 1.23 bits per heavy atom. The topological polar surface area (TPSA) is 142 Å². The Morgan fingerprint density at radius 3 is 2.45 bits per heavy atom. The van der Waals surface area contributed by atoms with Crippen molar-refractivity contribution in [2.45, 2.75) is 44.9 Å². The molecule has 2 aromatic carbocycles. The van der Waals surface area contributed by atoms with E-state index < -0.39 is 47.6 Å². The molecule has 210 valence electrons. The molecule has 2 aliphatic rings. The molecule has 0 saturated carbocycles. The highest BCUT2D eigenvalue weighted by molar-refractivity contribution is 6.10. The Bertz CT molecular complexity index is 1410. The van der Waals surface area contributed by atoms with Crippen LogP contribution >= 0.6 is 0 Å². The molecule has 2 aliphatic heterocycles. The van der Waals surface area contributed by atoms with Crippen molar-refractivity contribution in [2.24, 2.45) is 5.73 Å². The average Bonchev–Trinajstić information content (AvgIpc) is 3.25. The Labute approximate surface area is 227 Å². The number of nitriles is 1. The summed E-state index contributed by atoms with van der Waals surface area (Å²) >= 11 is 0. The quantitative estimate of drug-likeness (QED) is 0.518. The van der Waals surface area contributed by atoms with E-state index in [4.69, 9.17) is 25.4 Å². The third-order valence-corrected chi connectivity index (χ3v) is 6.41. The molecule has 2 amide bonds. The van der Waals surface area contributed by atoms with Gasteiger partial charge in [0.1, 0.15) is 18.8 Å². The second-order valence-corrected chi connectivity index (χ2v) is 9.60. The van der Waals surface area contributed by atoms with Crippen LogP contribution in [0.15, 0.2) is 59.8 Å². The number of guanidine groups is 1. The lowest BCUT2D eigenvalue weighted by atomic mass is 9.92. The number of alkyl halides is 3. The lowest BCUT2D eigenvalue weighted by Gasteiger charge is -2.43. The molecule has 1 unspecified atom stereocenters. The van der Waals surface area contributed by atoms with Gasteiger partial charge in [-0.15, -0.1) is 0 Å². The Kier molecular flexibility index (Phi) is 7.60. The van der Waals surface area contributed by atoms with Gasteiger partial charge in [-0.05, 0) is 56.7 Å². The number of allylic oxidation sites excluding steroid dienone is 1. The van der Waals surface area contributed by atoms with Gasteiger partial charge in [0.2, 0.25) is 5.96 Å². The summed E-state index contributed by atoms with van der Waals surface area (Å²) in [5.41, 5.74) is 5.08. The lowest BCUT2D eigenvalue weighted by Crippen LogP contribution is -2.55. The van der Waals surface area contributed by atoms with E-state index >= 15 is 0 Å². The van der Waals surface area contributed by atoms with Crippen LogP contribution < -0.4 is 10.6 Å². The molecule has 3 N–H and O–H groups in total.